The Bertz CT molecular complexity index is 701. The highest BCUT2D eigenvalue weighted by Gasteiger charge is 2.67. The van der Waals surface area contributed by atoms with E-state index in [1.165, 1.54) is 30.4 Å². The summed E-state index contributed by atoms with van der Waals surface area (Å²) in [5.41, 5.74) is -3.91. The minimum atomic E-state index is -5.36. The summed E-state index contributed by atoms with van der Waals surface area (Å²) >= 11 is 11.9. The first-order valence-corrected chi connectivity index (χ1v) is 7.76. The minimum absolute atomic E-state index is 0.00473. The Morgan fingerprint density at radius 1 is 1.40 bits per heavy atom. The van der Waals surface area contributed by atoms with Crippen LogP contribution in [0, 0.1) is 5.92 Å². The summed E-state index contributed by atoms with van der Waals surface area (Å²) in [5, 5.41) is 13.5. The molecule has 0 radical (unpaired) electrons. The fourth-order valence-electron chi connectivity index (χ4n) is 2.56. The monoisotopic (exact) mass is 400 g/mol. The average molecular weight is 401 g/mol. The predicted octanol–water partition coefficient (Wildman–Crippen LogP) is 2.78. The van der Waals surface area contributed by atoms with Gasteiger partial charge in [-0.15, -0.1) is 0 Å². The Morgan fingerprint density at radius 2 is 2.04 bits per heavy atom. The molecule has 138 valence electrons. The predicted molar refractivity (Wildman–Crippen MR) is 82.0 cm³/mol. The van der Waals surface area contributed by atoms with Gasteiger partial charge < -0.3 is 20.5 Å². The molecule has 1 heterocycles. The van der Waals surface area contributed by atoms with E-state index in [0.717, 1.165) is 0 Å². The van der Waals surface area contributed by atoms with Gasteiger partial charge in [-0.1, -0.05) is 35.3 Å². The highest BCUT2D eigenvalue weighted by molar-refractivity contribution is 6.42. The maximum Gasteiger partial charge on any atom is 0.437 e. The van der Waals surface area contributed by atoms with E-state index in [4.69, 9.17) is 23.2 Å². The van der Waals surface area contributed by atoms with Crippen molar-refractivity contribution < 1.29 is 32.6 Å². The number of alkyl halides is 3. The number of aliphatic hydroxyl groups is 1. The van der Waals surface area contributed by atoms with E-state index in [-0.39, 0.29) is 22.2 Å². The number of hydrogen-bond donors (Lipinski definition) is 3. The molecule has 3 atom stereocenters. The summed E-state index contributed by atoms with van der Waals surface area (Å²) in [6, 6.07) is 1.10. The van der Waals surface area contributed by atoms with E-state index < -0.39 is 35.9 Å². The number of carbonyl (C=O) groups excluding carboxylic acids is 2. The van der Waals surface area contributed by atoms with Crippen molar-refractivity contribution in [1.82, 2.24) is 10.6 Å². The second kappa shape index (κ2) is 6.89. The lowest BCUT2D eigenvalue weighted by Crippen LogP contribution is -2.73. The van der Waals surface area contributed by atoms with E-state index in [2.05, 4.69) is 10.1 Å². The maximum absolute atomic E-state index is 13.5. The minimum Gasteiger partial charge on any atom is -0.466 e. The van der Waals surface area contributed by atoms with Crippen molar-refractivity contribution in [2.75, 3.05) is 6.61 Å². The molecule has 0 saturated carbocycles. The van der Waals surface area contributed by atoms with Crippen molar-refractivity contribution in [1.29, 1.82) is 0 Å². The topological polar surface area (TPSA) is 87.7 Å². The molecule has 0 bridgehead atoms. The number of rotatable bonds is 3. The van der Waals surface area contributed by atoms with Crippen LogP contribution in [0.15, 0.2) is 18.2 Å². The Morgan fingerprint density at radius 3 is 2.60 bits per heavy atom. The number of halogens is 5. The van der Waals surface area contributed by atoms with E-state index >= 15 is 0 Å². The van der Waals surface area contributed by atoms with Crippen LogP contribution >= 0.6 is 23.2 Å². The van der Waals surface area contributed by atoms with E-state index in [0.29, 0.717) is 0 Å². The Labute approximate surface area is 150 Å². The molecule has 1 aliphatic heterocycles. The molecule has 6 nitrogen and oxygen atoms in total. The zero-order valence-electron chi connectivity index (χ0n) is 12.7. The van der Waals surface area contributed by atoms with Crippen molar-refractivity contribution >= 4 is 35.2 Å². The van der Waals surface area contributed by atoms with Crippen LogP contribution in [0.1, 0.15) is 18.5 Å². The quantitative estimate of drug-likeness (QED) is 0.680. The van der Waals surface area contributed by atoms with Gasteiger partial charge in [0.25, 0.3) is 5.72 Å². The lowest BCUT2D eigenvalue weighted by Gasteiger charge is -2.44. The second-order valence-electron chi connectivity index (χ2n) is 5.21. The molecule has 1 aromatic rings. The van der Waals surface area contributed by atoms with Crippen LogP contribution in [0.4, 0.5) is 18.0 Å². The molecule has 0 unspecified atom stereocenters. The van der Waals surface area contributed by atoms with E-state index in [1.54, 1.807) is 0 Å². The van der Waals surface area contributed by atoms with Crippen molar-refractivity contribution in [2.45, 2.75) is 24.9 Å². The van der Waals surface area contributed by atoms with E-state index in [9.17, 15) is 27.9 Å². The first-order valence-electron chi connectivity index (χ1n) is 7.01. The van der Waals surface area contributed by atoms with Crippen LogP contribution in [-0.4, -0.2) is 35.6 Å². The highest BCUT2D eigenvalue weighted by atomic mass is 35.5. The number of ether oxygens (including phenoxy) is 1. The van der Waals surface area contributed by atoms with E-state index in [1.807, 2.05) is 0 Å². The number of nitrogens with one attached hydrogen (secondary N) is 2. The van der Waals surface area contributed by atoms with Gasteiger partial charge in [-0.25, -0.2) is 4.79 Å². The Kier molecular flexibility index (Phi) is 5.41. The maximum atomic E-state index is 13.5. The van der Waals surface area contributed by atoms with Gasteiger partial charge in [-0.05, 0) is 18.6 Å². The fourth-order valence-corrected chi connectivity index (χ4v) is 2.98. The molecular weight excluding hydrogens is 388 g/mol. The fraction of sp³-hybridized carbons (Fsp3) is 0.429. The SMILES string of the molecule is CCOC(=O)[C@H]1[C@@H](c2cccc(Cl)c2Cl)NC(=O)N[C@@]1(O)C(F)(F)F. The summed E-state index contributed by atoms with van der Waals surface area (Å²) < 4.78 is 45.0. The number of urea groups is 1. The van der Waals surface area contributed by atoms with Gasteiger partial charge >= 0.3 is 18.2 Å². The van der Waals surface area contributed by atoms with Crippen molar-refractivity contribution in [2.24, 2.45) is 5.92 Å². The molecule has 25 heavy (non-hydrogen) atoms. The highest BCUT2D eigenvalue weighted by Crippen LogP contribution is 2.45. The standard InChI is InChI=1S/C14H13Cl2F3N2O4/c1-2-25-11(22)8-10(6-4-3-5-7(15)9(6)16)20-12(23)21-13(8,24)14(17,18)19/h3-5,8,10,24H,2H2,1H3,(H2,20,21,23)/t8-,10-,13+/m1/s1. The van der Waals surface area contributed by atoms with Crippen molar-refractivity contribution in [3.05, 3.63) is 33.8 Å². The number of esters is 1. The third-order valence-electron chi connectivity index (χ3n) is 3.66. The molecular formula is C14H13Cl2F3N2O4. The molecule has 0 spiro atoms. The van der Waals surface area contributed by atoms with Gasteiger partial charge in [-0.2, -0.15) is 13.2 Å². The molecule has 11 heteroatoms. The molecule has 1 fully saturated rings. The molecule has 3 N–H and O–H groups in total. The Balaban J connectivity index is 2.64. The third kappa shape index (κ3) is 3.49. The zero-order valence-corrected chi connectivity index (χ0v) is 14.2. The lowest BCUT2D eigenvalue weighted by atomic mass is 9.82. The zero-order chi connectivity index (χ0) is 19.0. The third-order valence-corrected chi connectivity index (χ3v) is 4.50. The van der Waals surface area contributed by atoms with Crippen LogP contribution in [0.3, 0.4) is 0 Å². The van der Waals surface area contributed by atoms with Gasteiger partial charge in [0.2, 0.25) is 0 Å². The summed E-state index contributed by atoms with van der Waals surface area (Å²) in [5.74, 6) is -3.61. The molecule has 2 rings (SSSR count). The molecule has 0 aromatic heterocycles. The number of carbonyl (C=O) groups is 2. The number of benzene rings is 1. The normalized spacial score (nSPS) is 26.6. The number of amides is 2. The molecule has 2 amide bonds. The van der Waals surface area contributed by atoms with Crippen molar-refractivity contribution in [3.8, 4) is 0 Å². The van der Waals surface area contributed by atoms with Crippen LogP contribution < -0.4 is 10.6 Å². The molecule has 0 aliphatic carbocycles. The summed E-state index contributed by atoms with van der Waals surface area (Å²) in [6.45, 7) is 1.16. The Hall–Kier alpha value is -1.71. The van der Waals surface area contributed by atoms with Gasteiger partial charge in [0, 0.05) is 0 Å². The van der Waals surface area contributed by atoms with Gasteiger partial charge in [0.05, 0.1) is 22.7 Å². The van der Waals surface area contributed by atoms with Crippen LogP contribution in [0.2, 0.25) is 10.0 Å². The van der Waals surface area contributed by atoms with Gasteiger partial charge in [0.15, 0.2) is 0 Å². The molecule has 1 saturated heterocycles. The van der Waals surface area contributed by atoms with Crippen molar-refractivity contribution in [3.63, 3.8) is 0 Å². The average Bonchev–Trinajstić information content (AvgIpc) is 2.48. The van der Waals surface area contributed by atoms with Gasteiger partial charge in [-0.3, -0.25) is 4.79 Å². The van der Waals surface area contributed by atoms with Crippen LogP contribution in [-0.2, 0) is 9.53 Å². The second-order valence-corrected chi connectivity index (χ2v) is 6.00. The molecule has 1 aliphatic rings. The van der Waals surface area contributed by atoms with Gasteiger partial charge in [0.1, 0.15) is 5.92 Å². The summed E-state index contributed by atoms with van der Waals surface area (Å²) in [4.78, 5) is 23.9. The first-order chi connectivity index (χ1) is 11.5. The summed E-state index contributed by atoms with van der Waals surface area (Å²) in [6.07, 6.45) is -5.36. The van der Waals surface area contributed by atoms with Crippen LogP contribution in [0.5, 0.6) is 0 Å². The largest absolute Gasteiger partial charge is 0.466 e. The van der Waals surface area contributed by atoms with Crippen LogP contribution in [0.25, 0.3) is 0 Å². The molecule has 1 aromatic carbocycles. The first kappa shape index (κ1) is 19.6. The summed E-state index contributed by atoms with van der Waals surface area (Å²) in [7, 11) is 0. The smallest absolute Gasteiger partial charge is 0.437 e. The lowest BCUT2D eigenvalue weighted by molar-refractivity contribution is -0.294. The number of hydrogen-bond acceptors (Lipinski definition) is 4.